The maximum Gasteiger partial charge on any atom is 0.192 e. The summed E-state index contributed by atoms with van der Waals surface area (Å²) in [5.41, 5.74) is 1.39. The molecule has 0 saturated heterocycles. The lowest BCUT2D eigenvalue weighted by Crippen LogP contribution is -2.44. The van der Waals surface area contributed by atoms with Crippen molar-refractivity contribution in [1.82, 2.24) is 0 Å². The normalized spacial score (nSPS) is 14.1. The topological polar surface area (TPSA) is 9.23 Å². The van der Waals surface area contributed by atoms with Crippen molar-refractivity contribution in [3.05, 3.63) is 48.6 Å². The molecule has 20 heavy (non-hydrogen) atoms. The summed E-state index contributed by atoms with van der Waals surface area (Å²) >= 11 is 0. The van der Waals surface area contributed by atoms with Gasteiger partial charge in [-0.25, -0.2) is 0 Å². The summed E-state index contributed by atoms with van der Waals surface area (Å²) in [6.07, 6.45) is 5.38. The van der Waals surface area contributed by atoms with E-state index in [-0.39, 0.29) is 5.04 Å². The molecule has 1 rings (SSSR count). The molecule has 0 aliphatic carbocycles. The van der Waals surface area contributed by atoms with Crippen LogP contribution in [0.25, 0.3) is 0 Å². The van der Waals surface area contributed by atoms with Gasteiger partial charge in [-0.15, -0.1) is 6.58 Å². The maximum atomic E-state index is 6.53. The van der Waals surface area contributed by atoms with Crippen LogP contribution in [0, 0.1) is 0 Å². The van der Waals surface area contributed by atoms with E-state index >= 15 is 0 Å². The number of aryl methyl sites for hydroxylation is 1. The van der Waals surface area contributed by atoms with Gasteiger partial charge in [0.1, 0.15) is 0 Å². The smallest absolute Gasteiger partial charge is 0.192 e. The van der Waals surface area contributed by atoms with Gasteiger partial charge in [0.25, 0.3) is 0 Å². The Hall–Kier alpha value is -0.863. The van der Waals surface area contributed by atoms with Gasteiger partial charge in [0.2, 0.25) is 0 Å². The van der Waals surface area contributed by atoms with Crippen LogP contribution in [0.5, 0.6) is 0 Å². The Balaban J connectivity index is 2.63. The molecular weight excluding hydrogens is 260 g/mol. The summed E-state index contributed by atoms with van der Waals surface area (Å²) in [4.78, 5) is 0. The fourth-order valence-electron chi connectivity index (χ4n) is 1.98. The third-order valence-electron chi connectivity index (χ3n) is 4.29. The monoisotopic (exact) mass is 290 g/mol. The largest absolute Gasteiger partial charge is 0.414 e. The van der Waals surface area contributed by atoms with Gasteiger partial charge in [-0.05, 0) is 43.0 Å². The lowest BCUT2D eigenvalue weighted by Gasteiger charge is -2.39. The van der Waals surface area contributed by atoms with Gasteiger partial charge in [0, 0.05) is 6.10 Å². The van der Waals surface area contributed by atoms with Crippen molar-refractivity contribution in [2.45, 2.75) is 64.3 Å². The highest BCUT2D eigenvalue weighted by Crippen LogP contribution is 2.38. The maximum absolute atomic E-state index is 6.53. The van der Waals surface area contributed by atoms with Gasteiger partial charge < -0.3 is 4.43 Å². The summed E-state index contributed by atoms with van der Waals surface area (Å²) < 4.78 is 6.53. The molecule has 0 bridgehead atoms. The Labute approximate surface area is 126 Å². The molecule has 1 nitrogen and oxygen atoms in total. The van der Waals surface area contributed by atoms with Crippen LogP contribution in [0.2, 0.25) is 18.1 Å². The molecule has 1 atom stereocenters. The van der Waals surface area contributed by atoms with Crippen LogP contribution in [-0.2, 0) is 10.8 Å². The first kappa shape index (κ1) is 17.2. The van der Waals surface area contributed by atoms with Crippen molar-refractivity contribution in [1.29, 1.82) is 0 Å². The molecule has 1 aromatic rings. The molecular formula is C18H30OSi. The molecule has 0 aliphatic heterocycles. The zero-order valence-electron chi connectivity index (χ0n) is 13.8. The average Bonchev–Trinajstić information content (AvgIpc) is 2.36. The van der Waals surface area contributed by atoms with Crippen molar-refractivity contribution in [2.75, 3.05) is 0 Å². The fourth-order valence-corrected chi connectivity index (χ4v) is 3.38. The molecule has 0 amide bonds. The van der Waals surface area contributed by atoms with Gasteiger partial charge in [0.05, 0.1) is 0 Å². The summed E-state index contributed by atoms with van der Waals surface area (Å²) in [5, 5.41) is 0.263. The molecule has 0 radical (unpaired) electrons. The van der Waals surface area contributed by atoms with Crippen LogP contribution in [0.15, 0.2) is 43.0 Å². The molecule has 0 spiro atoms. The first-order valence-electron chi connectivity index (χ1n) is 7.59. The second-order valence-electron chi connectivity index (χ2n) is 7.05. The minimum absolute atomic E-state index is 0.263. The average molecular weight is 291 g/mol. The van der Waals surface area contributed by atoms with E-state index in [9.17, 15) is 0 Å². The van der Waals surface area contributed by atoms with Crippen molar-refractivity contribution >= 4 is 8.32 Å². The van der Waals surface area contributed by atoms with E-state index in [4.69, 9.17) is 4.43 Å². The lowest BCUT2D eigenvalue weighted by molar-refractivity contribution is 0.174. The Morgan fingerprint density at radius 2 is 1.80 bits per heavy atom. The van der Waals surface area contributed by atoms with Crippen molar-refractivity contribution < 1.29 is 4.43 Å². The molecule has 0 heterocycles. The van der Waals surface area contributed by atoms with E-state index < -0.39 is 8.32 Å². The summed E-state index contributed by atoms with van der Waals surface area (Å²) in [6, 6.07) is 10.7. The second kappa shape index (κ2) is 7.23. The standard InChI is InChI=1S/C18H30OSi/c1-7-11-17(19-20(5,6)18(2,3)4)15-14-16-12-9-8-10-13-16/h7-10,12-13,17H,1,11,14-15H2,2-6H3/t17-/m1/s1. The molecule has 0 N–H and O–H groups in total. The minimum atomic E-state index is -1.69. The Bertz CT molecular complexity index is 403. The number of hydrogen-bond donors (Lipinski definition) is 0. The van der Waals surface area contributed by atoms with E-state index in [1.54, 1.807) is 0 Å². The van der Waals surface area contributed by atoms with Crippen molar-refractivity contribution in [3.8, 4) is 0 Å². The zero-order chi connectivity index (χ0) is 15.2. The van der Waals surface area contributed by atoms with Crippen molar-refractivity contribution in [3.63, 3.8) is 0 Å². The van der Waals surface area contributed by atoms with Crippen LogP contribution in [-0.4, -0.2) is 14.4 Å². The third kappa shape index (κ3) is 5.26. The summed E-state index contributed by atoms with van der Waals surface area (Å²) in [7, 11) is -1.69. The molecule has 2 heteroatoms. The van der Waals surface area contributed by atoms with Crippen LogP contribution in [0.3, 0.4) is 0 Å². The van der Waals surface area contributed by atoms with E-state index in [2.05, 4.69) is 70.8 Å². The molecule has 1 aromatic carbocycles. The van der Waals surface area contributed by atoms with Gasteiger partial charge >= 0.3 is 0 Å². The van der Waals surface area contributed by atoms with E-state index in [0.717, 1.165) is 19.3 Å². The molecule has 0 unspecified atom stereocenters. The van der Waals surface area contributed by atoms with E-state index in [1.165, 1.54) is 5.56 Å². The third-order valence-corrected chi connectivity index (χ3v) is 8.83. The summed E-state index contributed by atoms with van der Waals surface area (Å²) in [6.45, 7) is 15.4. The second-order valence-corrected chi connectivity index (χ2v) is 11.8. The molecule has 0 aromatic heterocycles. The first-order valence-corrected chi connectivity index (χ1v) is 10.5. The van der Waals surface area contributed by atoms with Crippen LogP contribution >= 0.6 is 0 Å². The zero-order valence-corrected chi connectivity index (χ0v) is 14.8. The van der Waals surface area contributed by atoms with Crippen LogP contribution in [0.1, 0.15) is 39.2 Å². The number of rotatable bonds is 7. The Kier molecular flexibility index (Phi) is 6.22. The molecule has 112 valence electrons. The molecule has 0 aliphatic rings. The van der Waals surface area contributed by atoms with Crippen LogP contribution < -0.4 is 0 Å². The van der Waals surface area contributed by atoms with Crippen LogP contribution in [0.4, 0.5) is 0 Å². The summed E-state index contributed by atoms with van der Waals surface area (Å²) in [5.74, 6) is 0. The Morgan fingerprint density at radius 1 is 1.20 bits per heavy atom. The highest BCUT2D eigenvalue weighted by Gasteiger charge is 2.38. The van der Waals surface area contributed by atoms with Gasteiger partial charge in [0.15, 0.2) is 8.32 Å². The van der Waals surface area contributed by atoms with Crippen molar-refractivity contribution in [2.24, 2.45) is 0 Å². The van der Waals surface area contributed by atoms with E-state index in [1.807, 2.05) is 6.08 Å². The first-order chi connectivity index (χ1) is 9.26. The number of hydrogen-bond acceptors (Lipinski definition) is 1. The lowest BCUT2D eigenvalue weighted by atomic mass is 10.1. The predicted molar refractivity (Wildman–Crippen MR) is 91.6 cm³/mol. The quantitative estimate of drug-likeness (QED) is 0.470. The number of benzene rings is 1. The van der Waals surface area contributed by atoms with Gasteiger partial charge in [-0.2, -0.15) is 0 Å². The SMILES string of the molecule is C=CC[C@H](CCc1ccccc1)O[Si](C)(C)C(C)(C)C. The van der Waals surface area contributed by atoms with Gasteiger partial charge in [-0.1, -0.05) is 57.2 Å². The minimum Gasteiger partial charge on any atom is -0.414 e. The highest BCUT2D eigenvalue weighted by atomic mass is 28.4. The Morgan fingerprint density at radius 3 is 2.30 bits per heavy atom. The fraction of sp³-hybridized carbons (Fsp3) is 0.556. The molecule has 0 fully saturated rings. The highest BCUT2D eigenvalue weighted by molar-refractivity contribution is 6.74. The van der Waals surface area contributed by atoms with Gasteiger partial charge in [-0.3, -0.25) is 0 Å². The molecule has 0 saturated carbocycles. The van der Waals surface area contributed by atoms with E-state index in [0.29, 0.717) is 6.10 Å². The predicted octanol–water partition coefficient (Wildman–Crippen LogP) is 5.59.